The molecule has 0 saturated carbocycles. The zero-order valence-corrected chi connectivity index (χ0v) is 17.2. The molecule has 2 N–H and O–H groups in total. The van der Waals surface area contributed by atoms with Crippen molar-refractivity contribution in [2.75, 3.05) is 54.4 Å². The highest BCUT2D eigenvalue weighted by Gasteiger charge is 2.26. The number of hydrogen-bond donors (Lipinski definition) is 2. The number of amides is 2. The van der Waals surface area contributed by atoms with E-state index < -0.39 is 0 Å². The maximum Gasteiger partial charge on any atom is 0.323 e. The molecule has 2 aliphatic heterocycles. The van der Waals surface area contributed by atoms with Crippen LogP contribution in [0.1, 0.15) is 12.8 Å². The number of carbonyl (C=O) groups excluding carboxylic acids is 1. The minimum atomic E-state index is -0.214. The number of benzene rings is 1. The van der Waals surface area contributed by atoms with Gasteiger partial charge in [-0.1, -0.05) is 17.3 Å². The number of hydrogen-bond acceptors (Lipinski definition) is 9. The number of anilines is 3. The number of aliphatic hydroxyl groups excluding tert-OH is 1. The van der Waals surface area contributed by atoms with Crippen LogP contribution in [0.4, 0.5) is 21.7 Å². The van der Waals surface area contributed by atoms with Gasteiger partial charge in [-0.05, 0) is 25.0 Å². The quantitative estimate of drug-likeness (QED) is 0.650. The first-order valence-electron chi connectivity index (χ1n) is 10.1. The minimum Gasteiger partial charge on any atom is -0.393 e. The molecule has 0 radical (unpaired) electrons. The molecular formula is C19H23N7O3S. The zero-order valence-electron chi connectivity index (χ0n) is 16.4. The van der Waals surface area contributed by atoms with E-state index in [1.165, 1.54) is 11.5 Å². The molecule has 4 heterocycles. The van der Waals surface area contributed by atoms with Crippen LogP contribution in [0, 0.1) is 0 Å². The van der Waals surface area contributed by atoms with Crippen molar-refractivity contribution in [3.63, 3.8) is 0 Å². The maximum atomic E-state index is 12.7. The molecule has 0 unspecified atom stereocenters. The Morgan fingerprint density at radius 1 is 1.10 bits per heavy atom. The molecule has 1 aromatic carbocycles. The average molecular weight is 430 g/mol. The number of piperazine rings is 1. The summed E-state index contributed by atoms with van der Waals surface area (Å²) in [6, 6.07) is 7.26. The summed E-state index contributed by atoms with van der Waals surface area (Å²) in [4.78, 5) is 23.4. The highest BCUT2D eigenvalue weighted by atomic mass is 32.1. The third-order valence-corrected chi connectivity index (χ3v) is 6.36. The van der Waals surface area contributed by atoms with E-state index in [1.807, 2.05) is 24.3 Å². The molecule has 10 nitrogen and oxygen atoms in total. The molecule has 158 valence electrons. The second-order valence-corrected chi connectivity index (χ2v) is 8.26. The first kappa shape index (κ1) is 19.1. The molecule has 0 spiro atoms. The highest BCUT2D eigenvalue weighted by Crippen LogP contribution is 2.26. The van der Waals surface area contributed by atoms with Gasteiger partial charge in [-0.25, -0.2) is 4.79 Å². The van der Waals surface area contributed by atoms with Gasteiger partial charge in [0.05, 0.1) is 11.5 Å². The fraction of sp³-hybridized carbons (Fsp3) is 0.474. The summed E-state index contributed by atoms with van der Waals surface area (Å²) in [6.07, 6.45) is 1.29. The molecule has 0 bridgehead atoms. The van der Waals surface area contributed by atoms with Gasteiger partial charge in [-0.15, -0.1) is 0 Å². The molecule has 0 aliphatic carbocycles. The summed E-state index contributed by atoms with van der Waals surface area (Å²) in [5, 5.41) is 18.1. The Morgan fingerprint density at radius 2 is 1.87 bits per heavy atom. The topological polar surface area (TPSA) is 111 Å². The molecule has 0 atom stereocenters. The van der Waals surface area contributed by atoms with E-state index in [2.05, 4.69) is 29.6 Å². The second-order valence-electron chi connectivity index (χ2n) is 7.53. The van der Waals surface area contributed by atoms with Crippen LogP contribution in [0.2, 0.25) is 0 Å². The molecule has 3 aromatic rings. The van der Waals surface area contributed by atoms with Gasteiger partial charge < -0.3 is 24.3 Å². The van der Waals surface area contributed by atoms with Crippen LogP contribution in [-0.4, -0.2) is 75.9 Å². The molecular weight excluding hydrogens is 406 g/mol. The Morgan fingerprint density at radius 3 is 2.67 bits per heavy atom. The van der Waals surface area contributed by atoms with Crippen molar-refractivity contribution in [3.05, 3.63) is 24.3 Å². The van der Waals surface area contributed by atoms with E-state index in [9.17, 15) is 9.90 Å². The molecule has 2 aliphatic rings. The lowest BCUT2D eigenvalue weighted by Gasteiger charge is -2.34. The number of aromatic nitrogens is 3. The van der Waals surface area contributed by atoms with E-state index in [-0.39, 0.29) is 12.1 Å². The van der Waals surface area contributed by atoms with Crippen LogP contribution in [0.15, 0.2) is 28.8 Å². The molecule has 2 aromatic heterocycles. The number of nitrogens with one attached hydrogen (secondary N) is 1. The normalized spacial score (nSPS) is 18.2. The van der Waals surface area contributed by atoms with Crippen molar-refractivity contribution in [3.8, 4) is 0 Å². The van der Waals surface area contributed by atoms with Crippen LogP contribution in [0.25, 0.3) is 11.0 Å². The maximum absolute atomic E-state index is 12.7. The van der Waals surface area contributed by atoms with Gasteiger partial charge >= 0.3 is 6.03 Å². The molecule has 2 amide bonds. The third kappa shape index (κ3) is 3.77. The second kappa shape index (κ2) is 8.07. The van der Waals surface area contributed by atoms with Gasteiger partial charge in [-0.3, -0.25) is 5.32 Å². The van der Waals surface area contributed by atoms with E-state index in [0.717, 1.165) is 42.4 Å². The lowest BCUT2D eigenvalue weighted by Crippen LogP contribution is -2.50. The van der Waals surface area contributed by atoms with Crippen LogP contribution in [0.5, 0.6) is 0 Å². The number of piperidine rings is 1. The van der Waals surface area contributed by atoms with Crippen LogP contribution < -0.4 is 15.1 Å². The van der Waals surface area contributed by atoms with Crippen molar-refractivity contribution < 1.29 is 14.4 Å². The number of para-hydroxylation sites is 1. The zero-order chi connectivity index (χ0) is 20.5. The Labute approximate surface area is 177 Å². The summed E-state index contributed by atoms with van der Waals surface area (Å²) in [7, 11) is 0. The Hall–Kier alpha value is -2.92. The van der Waals surface area contributed by atoms with Crippen LogP contribution in [0.3, 0.4) is 0 Å². The lowest BCUT2D eigenvalue weighted by atomic mass is 10.1. The fourth-order valence-electron chi connectivity index (χ4n) is 3.79. The van der Waals surface area contributed by atoms with Crippen molar-refractivity contribution in [2.45, 2.75) is 18.9 Å². The Balaban J connectivity index is 1.17. The van der Waals surface area contributed by atoms with E-state index in [0.29, 0.717) is 37.6 Å². The van der Waals surface area contributed by atoms with Gasteiger partial charge in [0.15, 0.2) is 11.4 Å². The van der Waals surface area contributed by atoms with Crippen molar-refractivity contribution >= 4 is 45.4 Å². The number of urea groups is 1. The Bertz CT molecular complexity index is 1020. The SMILES string of the molecule is O=C(Nc1noc2ccccc12)N1CCN(c2nc(N3CCC(O)CC3)ns2)CC1. The number of fused-ring (bicyclic) bond motifs is 1. The van der Waals surface area contributed by atoms with Crippen molar-refractivity contribution in [2.24, 2.45) is 0 Å². The standard InChI is InChI=1S/C19H23N7O3S/c27-13-5-7-24(8-6-13)17-21-19(30-23-17)26-11-9-25(10-12-26)18(28)20-16-14-3-1-2-4-15(14)29-22-16/h1-4,13,27H,5-12H2,(H,20,22,28). The first-order chi connectivity index (χ1) is 14.7. The molecule has 11 heteroatoms. The van der Waals surface area contributed by atoms with E-state index in [1.54, 1.807) is 4.90 Å². The number of carbonyl (C=O) groups is 1. The number of nitrogens with zero attached hydrogens (tertiary/aromatic N) is 6. The summed E-state index contributed by atoms with van der Waals surface area (Å²) >= 11 is 1.38. The predicted octanol–water partition coefficient (Wildman–Crippen LogP) is 1.99. The van der Waals surface area contributed by atoms with Gasteiger partial charge in [0.25, 0.3) is 0 Å². The smallest absolute Gasteiger partial charge is 0.323 e. The Kier molecular flexibility index (Phi) is 5.13. The van der Waals surface area contributed by atoms with Gasteiger partial charge in [0, 0.05) is 50.8 Å². The summed E-state index contributed by atoms with van der Waals surface area (Å²) < 4.78 is 9.74. The van der Waals surface area contributed by atoms with Crippen molar-refractivity contribution in [1.29, 1.82) is 0 Å². The third-order valence-electron chi connectivity index (χ3n) is 5.59. The van der Waals surface area contributed by atoms with Gasteiger partial charge in [0.2, 0.25) is 11.1 Å². The molecule has 2 fully saturated rings. The van der Waals surface area contributed by atoms with E-state index in [4.69, 9.17) is 4.52 Å². The molecule has 2 saturated heterocycles. The summed E-state index contributed by atoms with van der Waals surface area (Å²) in [5.74, 6) is 1.18. The number of rotatable bonds is 3. The van der Waals surface area contributed by atoms with Crippen LogP contribution >= 0.6 is 11.5 Å². The van der Waals surface area contributed by atoms with Crippen molar-refractivity contribution in [1.82, 2.24) is 19.4 Å². The summed E-state index contributed by atoms with van der Waals surface area (Å²) in [5.41, 5.74) is 0.646. The number of aliphatic hydroxyl groups is 1. The average Bonchev–Trinajstić information content (AvgIpc) is 3.42. The highest BCUT2D eigenvalue weighted by molar-refractivity contribution is 7.09. The lowest BCUT2D eigenvalue weighted by molar-refractivity contribution is 0.145. The van der Waals surface area contributed by atoms with E-state index >= 15 is 0 Å². The fourth-order valence-corrected chi connectivity index (χ4v) is 4.53. The molecule has 30 heavy (non-hydrogen) atoms. The van der Waals surface area contributed by atoms with Gasteiger partial charge in [0.1, 0.15) is 0 Å². The predicted molar refractivity (Wildman–Crippen MR) is 114 cm³/mol. The van der Waals surface area contributed by atoms with Gasteiger partial charge in [-0.2, -0.15) is 9.36 Å². The minimum absolute atomic E-state index is 0.182. The monoisotopic (exact) mass is 429 g/mol. The largest absolute Gasteiger partial charge is 0.393 e. The molecule has 5 rings (SSSR count). The van der Waals surface area contributed by atoms with Crippen LogP contribution in [-0.2, 0) is 0 Å². The first-order valence-corrected chi connectivity index (χ1v) is 10.9. The summed E-state index contributed by atoms with van der Waals surface area (Å²) in [6.45, 7) is 4.13.